The highest BCUT2D eigenvalue weighted by atomic mass is 32.2. The number of hydrogen-bond donors (Lipinski definition) is 0. The molecule has 1 aromatic carbocycles. The van der Waals surface area contributed by atoms with Gasteiger partial charge in [0.2, 0.25) is 10.0 Å². The number of esters is 1. The first-order valence-corrected chi connectivity index (χ1v) is 10.5. The van der Waals surface area contributed by atoms with Crippen LogP contribution in [-0.2, 0) is 30.9 Å². The molecule has 0 N–H and O–H groups in total. The molecule has 1 saturated heterocycles. The summed E-state index contributed by atoms with van der Waals surface area (Å²) in [6, 6.07) is 8.67. The first-order chi connectivity index (χ1) is 12.2. The average molecular weight is 382 g/mol. The number of benzene rings is 1. The maximum atomic E-state index is 12.5. The van der Waals surface area contributed by atoms with Crippen molar-refractivity contribution in [2.24, 2.45) is 0 Å². The Bertz CT molecular complexity index is 733. The molecule has 0 spiro atoms. The number of carbonyl (C=O) groups is 2. The molecule has 1 heterocycles. The van der Waals surface area contributed by atoms with Gasteiger partial charge < -0.3 is 9.64 Å². The van der Waals surface area contributed by atoms with Crippen molar-refractivity contribution in [1.82, 2.24) is 9.21 Å². The highest BCUT2D eigenvalue weighted by molar-refractivity contribution is 7.88. The normalized spacial score (nSPS) is 18.1. The zero-order valence-corrected chi connectivity index (χ0v) is 16.2. The van der Waals surface area contributed by atoms with Crippen molar-refractivity contribution < 1.29 is 22.7 Å². The van der Waals surface area contributed by atoms with E-state index in [1.807, 2.05) is 44.2 Å². The fourth-order valence-corrected chi connectivity index (χ4v) is 4.14. The van der Waals surface area contributed by atoms with Crippen LogP contribution in [-0.4, -0.2) is 61.0 Å². The Morgan fingerprint density at radius 1 is 1.27 bits per heavy atom. The van der Waals surface area contributed by atoms with Gasteiger partial charge in [0.25, 0.3) is 5.91 Å². The van der Waals surface area contributed by atoms with E-state index < -0.39 is 28.6 Å². The molecule has 1 aromatic rings. The minimum absolute atomic E-state index is 0.0552. The van der Waals surface area contributed by atoms with Gasteiger partial charge in [0.05, 0.1) is 6.26 Å². The van der Waals surface area contributed by atoms with E-state index in [0.29, 0.717) is 25.9 Å². The van der Waals surface area contributed by atoms with Crippen LogP contribution >= 0.6 is 0 Å². The lowest BCUT2D eigenvalue weighted by Crippen LogP contribution is -2.43. The number of carbonyl (C=O) groups excluding carboxylic acids is 2. The lowest BCUT2D eigenvalue weighted by molar-refractivity contribution is -0.155. The largest absolute Gasteiger partial charge is 0.454 e. The fourth-order valence-electron chi connectivity index (χ4n) is 3.02. The highest BCUT2D eigenvalue weighted by Crippen LogP contribution is 2.21. The van der Waals surface area contributed by atoms with Gasteiger partial charge in [0.1, 0.15) is 6.04 Å². The van der Waals surface area contributed by atoms with Gasteiger partial charge in [-0.15, -0.1) is 0 Å². The Morgan fingerprint density at radius 3 is 2.50 bits per heavy atom. The van der Waals surface area contributed by atoms with Crippen LogP contribution in [0.25, 0.3) is 0 Å². The van der Waals surface area contributed by atoms with Crippen molar-refractivity contribution in [1.29, 1.82) is 0 Å². The lowest BCUT2D eigenvalue weighted by atomic mass is 10.2. The maximum Gasteiger partial charge on any atom is 0.324 e. The molecular formula is C18H26N2O5S. The topological polar surface area (TPSA) is 84.0 Å². The van der Waals surface area contributed by atoms with Crippen molar-refractivity contribution in [2.75, 3.05) is 19.4 Å². The van der Waals surface area contributed by atoms with E-state index in [1.54, 1.807) is 4.90 Å². The quantitative estimate of drug-likeness (QED) is 0.666. The Morgan fingerprint density at radius 2 is 1.92 bits per heavy atom. The van der Waals surface area contributed by atoms with Crippen molar-refractivity contribution >= 4 is 21.9 Å². The third-order valence-electron chi connectivity index (χ3n) is 4.38. The Hall–Kier alpha value is -1.93. The third kappa shape index (κ3) is 5.28. The number of hydrogen-bond acceptors (Lipinski definition) is 5. The smallest absolute Gasteiger partial charge is 0.324 e. The second kappa shape index (κ2) is 8.64. The molecule has 0 bridgehead atoms. The van der Waals surface area contributed by atoms with Crippen LogP contribution in [0.15, 0.2) is 30.3 Å². The Kier molecular flexibility index (Phi) is 6.77. The summed E-state index contributed by atoms with van der Waals surface area (Å²) in [5, 5.41) is 0. The van der Waals surface area contributed by atoms with Gasteiger partial charge in [-0.25, -0.2) is 8.42 Å². The SMILES string of the molecule is CC(C)N(Cc1ccccc1)C(=O)COC(=O)C1CCCN1S(C)(=O)=O. The molecule has 0 radical (unpaired) electrons. The zero-order valence-electron chi connectivity index (χ0n) is 15.4. The standard InChI is InChI=1S/C18H26N2O5S/c1-14(2)19(12-15-8-5-4-6-9-15)17(21)13-25-18(22)16-10-7-11-20(16)26(3,23)24/h4-6,8-9,14,16H,7,10-13H2,1-3H3. The molecule has 0 aliphatic carbocycles. The molecule has 2 rings (SSSR count). The molecule has 0 saturated carbocycles. The minimum atomic E-state index is -3.47. The molecule has 7 nitrogen and oxygen atoms in total. The van der Waals surface area contributed by atoms with E-state index in [2.05, 4.69) is 0 Å². The predicted molar refractivity (Wildman–Crippen MR) is 97.7 cm³/mol. The summed E-state index contributed by atoms with van der Waals surface area (Å²) in [4.78, 5) is 26.4. The monoisotopic (exact) mass is 382 g/mol. The van der Waals surface area contributed by atoms with Crippen molar-refractivity contribution in [3.05, 3.63) is 35.9 Å². The predicted octanol–water partition coefficient (Wildman–Crippen LogP) is 1.39. The number of amides is 1. The number of ether oxygens (including phenoxy) is 1. The molecule has 1 aliphatic heterocycles. The van der Waals surface area contributed by atoms with Gasteiger partial charge in [-0.05, 0) is 32.3 Å². The van der Waals surface area contributed by atoms with Gasteiger partial charge in [-0.3, -0.25) is 9.59 Å². The first kappa shape index (κ1) is 20.4. The summed E-state index contributed by atoms with van der Waals surface area (Å²) in [5.41, 5.74) is 0.986. The molecule has 1 aliphatic rings. The van der Waals surface area contributed by atoms with Crippen LogP contribution in [0.5, 0.6) is 0 Å². The van der Waals surface area contributed by atoms with E-state index in [-0.39, 0.29) is 11.9 Å². The van der Waals surface area contributed by atoms with Gasteiger partial charge in [-0.2, -0.15) is 4.31 Å². The summed E-state index contributed by atoms with van der Waals surface area (Å²) < 4.78 is 29.7. The molecule has 0 aromatic heterocycles. The number of nitrogens with zero attached hydrogens (tertiary/aromatic N) is 2. The van der Waals surface area contributed by atoms with Crippen LogP contribution in [0.2, 0.25) is 0 Å². The number of rotatable bonds is 7. The van der Waals surface area contributed by atoms with Crippen LogP contribution in [0.3, 0.4) is 0 Å². The van der Waals surface area contributed by atoms with E-state index in [0.717, 1.165) is 16.1 Å². The molecular weight excluding hydrogens is 356 g/mol. The van der Waals surface area contributed by atoms with Crippen LogP contribution in [0, 0.1) is 0 Å². The van der Waals surface area contributed by atoms with E-state index >= 15 is 0 Å². The summed E-state index contributed by atoms with van der Waals surface area (Å²) in [5.74, 6) is -0.967. The van der Waals surface area contributed by atoms with E-state index in [4.69, 9.17) is 4.74 Å². The summed E-state index contributed by atoms with van der Waals surface area (Å²) in [6.07, 6.45) is 2.09. The highest BCUT2D eigenvalue weighted by Gasteiger charge is 2.37. The van der Waals surface area contributed by atoms with Crippen molar-refractivity contribution in [3.8, 4) is 0 Å². The van der Waals surface area contributed by atoms with Gasteiger partial charge in [-0.1, -0.05) is 30.3 Å². The molecule has 1 unspecified atom stereocenters. The van der Waals surface area contributed by atoms with Crippen molar-refractivity contribution in [2.45, 2.75) is 45.3 Å². The van der Waals surface area contributed by atoms with Crippen LogP contribution in [0.1, 0.15) is 32.3 Å². The second-order valence-corrected chi connectivity index (χ2v) is 8.68. The fraction of sp³-hybridized carbons (Fsp3) is 0.556. The lowest BCUT2D eigenvalue weighted by Gasteiger charge is -2.27. The summed E-state index contributed by atoms with van der Waals surface area (Å²) >= 11 is 0. The first-order valence-electron chi connectivity index (χ1n) is 8.67. The van der Waals surface area contributed by atoms with Crippen LogP contribution < -0.4 is 0 Å². The van der Waals surface area contributed by atoms with Crippen LogP contribution in [0.4, 0.5) is 0 Å². The van der Waals surface area contributed by atoms with E-state index in [1.165, 1.54) is 0 Å². The van der Waals surface area contributed by atoms with Gasteiger partial charge >= 0.3 is 5.97 Å². The number of sulfonamides is 1. The Labute approximate surface area is 155 Å². The summed E-state index contributed by atoms with van der Waals surface area (Å²) in [7, 11) is -3.47. The molecule has 1 amide bonds. The minimum Gasteiger partial charge on any atom is -0.454 e. The van der Waals surface area contributed by atoms with Gasteiger partial charge in [0, 0.05) is 19.1 Å². The molecule has 8 heteroatoms. The summed E-state index contributed by atoms with van der Waals surface area (Å²) in [6.45, 7) is 4.13. The van der Waals surface area contributed by atoms with E-state index in [9.17, 15) is 18.0 Å². The molecule has 144 valence electrons. The molecule has 1 atom stereocenters. The van der Waals surface area contributed by atoms with Crippen molar-refractivity contribution in [3.63, 3.8) is 0 Å². The van der Waals surface area contributed by atoms with Gasteiger partial charge in [0.15, 0.2) is 6.61 Å². The second-order valence-electron chi connectivity index (χ2n) is 6.74. The Balaban J connectivity index is 1.96. The molecule has 1 fully saturated rings. The zero-order chi connectivity index (χ0) is 19.3. The third-order valence-corrected chi connectivity index (χ3v) is 5.67. The maximum absolute atomic E-state index is 12.5. The average Bonchev–Trinajstić information content (AvgIpc) is 3.08. The molecule has 26 heavy (non-hydrogen) atoms.